The van der Waals surface area contributed by atoms with Crippen molar-refractivity contribution in [3.63, 3.8) is 0 Å². The highest BCUT2D eigenvalue weighted by Crippen LogP contribution is 2.41. The van der Waals surface area contributed by atoms with Crippen molar-refractivity contribution in [1.82, 2.24) is 0 Å². The standard InChI is InChI=1S/C40H62O6/c1-3-5-7-9-11-18-24-33(23-17-10-8-6-4-2)40(45)46-38-31-37(42)35(25-19-12-13-20-26-39(43)44)36(38)30-29-34(41)28-27-32-21-15-14-16-22-32/h4,12,14-16,19,21-23,34-38,41-42H,2-3,5-11,13,17-18,20,24-31H2,1H3,(H,43,44)/b19-12-,33-23-/t34-,35+,36+,37-,38+/m0/s1. The molecule has 3 N–H and O–H groups in total. The van der Waals surface area contributed by atoms with Crippen LogP contribution in [0.2, 0.25) is 0 Å². The number of allylic oxidation sites excluding steroid dienone is 4. The van der Waals surface area contributed by atoms with Gasteiger partial charge in [0.25, 0.3) is 0 Å². The third-order valence-corrected chi connectivity index (χ3v) is 9.35. The van der Waals surface area contributed by atoms with Crippen molar-refractivity contribution >= 4 is 11.9 Å². The Morgan fingerprint density at radius 2 is 1.65 bits per heavy atom. The minimum atomic E-state index is -0.795. The van der Waals surface area contributed by atoms with Crippen molar-refractivity contribution in [3.05, 3.63) is 72.4 Å². The molecule has 6 heteroatoms. The van der Waals surface area contributed by atoms with Gasteiger partial charge in [0, 0.05) is 24.3 Å². The number of benzene rings is 1. The minimum Gasteiger partial charge on any atom is -0.481 e. The molecule has 0 radical (unpaired) electrons. The van der Waals surface area contributed by atoms with Crippen molar-refractivity contribution in [2.45, 2.75) is 154 Å². The first-order valence-corrected chi connectivity index (χ1v) is 18.1. The second-order valence-corrected chi connectivity index (χ2v) is 13.1. The van der Waals surface area contributed by atoms with Gasteiger partial charge in [0.2, 0.25) is 0 Å². The summed E-state index contributed by atoms with van der Waals surface area (Å²) in [6.45, 7) is 6.02. The van der Waals surface area contributed by atoms with Crippen LogP contribution in [-0.4, -0.2) is 45.6 Å². The molecule has 2 rings (SSSR count). The van der Waals surface area contributed by atoms with E-state index in [4.69, 9.17) is 9.84 Å². The summed E-state index contributed by atoms with van der Waals surface area (Å²) in [4.78, 5) is 24.5. The third-order valence-electron chi connectivity index (χ3n) is 9.35. The van der Waals surface area contributed by atoms with E-state index in [9.17, 15) is 19.8 Å². The highest BCUT2D eigenvalue weighted by Gasteiger charge is 2.44. The van der Waals surface area contributed by atoms with Crippen LogP contribution in [0.15, 0.2) is 66.8 Å². The Labute approximate surface area is 279 Å². The number of carbonyl (C=O) groups excluding carboxylic acids is 1. The molecule has 1 aromatic carbocycles. The summed E-state index contributed by atoms with van der Waals surface area (Å²) in [5.41, 5.74) is 1.96. The molecular formula is C40H62O6. The van der Waals surface area contributed by atoms with E-state index < -0.39 is 24.3 Å². The Morgan fingerprint density at radius 1 is 0.913 bits per heavy atom. The van der Waals surface area contributed by atoms with Crippen LogP contribution in [0, 0.1) is 11.8 Å². The van der Waals surface area contributed by atoms with E-state index in [0.29, 0.717) is 51.4 Å². The first kappa shape index (κ1) is 39.5. The summed E-state index contributed by atoms with van der Waals surface area (Å²) in [5, 5.41) is 30.9. The Bertz CT molecular complexity index is 1030. The maximum Gasteiger partial charge on any atom is 0.333 e. The first-order chi connectivity index (χ1) is 22.3. The molecule has 0 saturated heterocycles. The van der Waals surface area contributed by atoms with E-state index >= 15 is 0 Å². The monoisotopic (exact) mass is 638 g/mol. The third kappa shape index (κ3) is 16.7. The van der Waals surface area contributed by atoms with Gasteiger partial charge in [-0.25, -0.2) is 4.79 Å². The van der Waals surface area contributed by atoms with Gasteiger partial charge in [-0.15, -0.1) is 6.58 Å². The number of aliphatic carboxylic acids is 1. The smallest absolute Gasteiger partial charge is 0.333 e. The zero-order chi connectivity index (χ0) is 33.4. The van der Waals surface area contributed by atoms with Crippen LogP contribution in [0.3, 0.4) is 0 Å². The summed E-state index contributed by atoms with van der Waals surface area (Å²) in [7, 11) is 0. The van der Waals surface area contributed by atoms with Gasteiger partial charge in [-0.1, -0.05) is 93.7 Å². The van der Waals surface area contributed by atoms with Crippen molar-refractivity contribution < 1.29 is 29.6 Å². The number of carboxylic acid groups (broad SMARTS) is 1. The van der Waals surface area contributed by atoms with Crippen LogP contribution in [0.4, 0.5) is 0 Å². The molecule has 0 aromatic heterocycles. The highest BCUT2D eigenvalue weighted by atomic mass is 16.5. The number of rotatable bonds is 26. The minimum absolute atomic E-state index is 0.0584. The largest absolute Gasteiger partial charge is 0.481 e. The first-order valence-electron chi connectivity index (χ1n) is 18.1. The molecule has 1 aliphatic rings. The number of hydrogen-bond acceptors (Lipinski definition) is 5. The Morgan fingerprint density at radius 3 is 2.39 bits per heavy atom. The zero-order valence-corrected chi connectivity index (χ0v) is 28.5. The topological polar surface area (TPSA) is 104 Å². The maximum atomic E-state index is 13.6. The lowest BCUT2D eigenvalue weighted by Crippen LogP contribution is -2.27. The van der Waals surface area contributed by atoms with Gasteiger partial charge in [0.15, 0.2) is 0 Å². The summed E-state index contributed by atoms with van der Waals surface area (Å²) in [6.07, 6.45) is 23.2. The molecule has 6 nitrogen and oxygen atoms in total. The van der Waals surface area contributed by atoms with E-state index in [1.165, 1.54) is 31.2 Å². The lowest BCUT2D eigenvalue weighted by atomic mass is 9.85. The molecule has 258 valence electrons. The maximum absolute atomic E-state index is 13.6. The number of unbranched alkanes of at least 4 members (excludes halogenated alkanes) is 9. The molecule has 5 atom stereocenters. The number of carbonyl (C=O) groups is 2. The van der Waals surface area contributed by atoms with Gasteiger partial charge in [0.05, 0.1) is 12.2 Å². The normalized spacial score (nSPS) is 20.6. The van der Waals surface area contributed by atoms with E-state index in [0.717, 1.165) is 50.5 Å². The predicted molar refractivity (Wildman–Crippen MR) is 187 cm³/mol. The molecule has 1 saturated carbocycles. The SMILES string of the molecule is C=CCCCC/C=C(/CCCCCCCC)C(=O)O[C@@H]1C[C@H](O)[C@H](C/C=C\CCCC(=O)O)[C@H]1CC[C@@H](O)CCc1ccccc1. The van der Waals surface area contributed by atoms with Crippen LogP contribution in [0.5, 0.6) is 0 Å². The number of hydrogen-bond donors (Lipinski definition) is 3. The Hall–Kier alpha value is -2.70. The molecule has 1 aromatic rings. The van der Waals surface area contributed by atoms with Gasteiger partial charge in [-0.05, 0) is 95.0 Å². The molecule has 1 aliphatic carbocycles. The van der Waals surface area contributed by atoms with Gasteiger partial charge >= 0.3 is 11.9 Å². The fourth-order valence-corrected chi connectivity index (χ4v) is 6.57. The summed E-state index contributed by atoms with van der Waals surface area (Å²) in [5.74, 6) is -1.19. The number of carboxylic acids is 1. The fourth-order valence-electron chi connectivity index (χ4n) is 6.57. The zero-order valence-electron chi connectivity index (χ0n) is 28.5. The average molecular weight is 639 g/mol. The van der Waals surface area contributed by atoms with Crippen molar-refractivity contribution in [2.24, 2.45) is 11.8 Å². The lowest BCUT2D eigenvalue weighted by Gasteiger charge is -2.26. The van der Waals surface area contributed by atoms with Crippen LogP contribution < -0.4 is 0 Å². The van der Waals surface area contributed by atoms with E-state index in [-0.39, 0.29) is 24.2 Å². The van der Waals surface area contributed by atoms with Crippen LogP contribution in [-0.2, 0) is 20.7 Å². The van der Waals surface area contributed by atoms with Crippen molar-refractivity contribution in [1.29, 1.82) is 0 Å². The van der Waals surface area contributed by atoms with Crippen molar-refractivity contribution in [2.75, 3.05) is 0 Å². The second-order valence-electron chi connectivity index (χ2n) is 13.1. The molecule has 46 heavy (non-hydrogen) atoms. The summed E-state index contributed by atoms with van der Waals surface area (Å²) in [6, 6.07) is 10.2. The average Bonchev–Trinajstić information content (AvgIpc) is 3.34. The lowest BCUT2D eigenvalue weighted by molar-refractivity contribution is -0.147. The van der Waals surface area contributed by atoms with Crippen molar-refractivity contribution in [3.8, 4) is 0 Å². The fraction of sp³-hybridized carbons (Fsp3) is 0.650. The second kappa shape index (κ2) is 24.5. The van der Waals surface area contributed by atoms with Gasteiger partial charge in [-0.2, -0.15) is 0 Å². The molecule has 1 fully saturated rings. The molecule has 0 spiro atoms. The number of esters is 1. The number of aryl methyl sites for hydroxylation is 1. The Balaban J connectivity index is 2.08. The highest BCUT2D eigenvalue weighted by molar-refractivity contribution is 5.88. The van der Waals surface area contributed by atoms with Crippen LogP contribution in [0.1, 0.15) is 134 Å². The molecule has 0 amide bonds. The molecular weight excluding hydrogens is 576 g/mol. The summed E-state index contributed by atoms with van der Waals surface area (Å²) >= 11 is 0. The number of ether oxygens (including phenoxy) is 1. The van der Waals surface area contributed by atoms with E-state index in [2.05, 4.69) is 31.7 Å². The van der Waals surface area contributed by atoms with E-state index in [1.54, 1.807) is 0 Å². The molecule has 0 aliphatic heterocycles. The van der Waals surface area contributed by atoms with Gasteiger partial charge < -0.3 is 20.1 Å². The number of aliphatic hydroxyl groups is 2. The van der Waals surface area contributed by atoms with Crippen LogP contribution in [0.25, 0.3) is 0 Å². The van der Waals surface area contributed by atoms with Crippen LogP contribution >= 0.6 is 0 Å². The quantitative estimate of drug-likeness (QED) is 0.0404. The predicted octanol–water partition coefficient (Wildman–Crippen LogP) is 9.29. The Kier molecular flexibility index (Phi) is 21.0. The summed E-state index contributed by atoms with van der Waals surface area (Å²) < 4.78 is 6.24. The van der Waals surface area contributed by atoms with E-state index in [1.807, 2.05) is 36.4 Å². The molecule has 0 bridgehead atoms. The number of aliphatic hydroxyl groups excluding tert-OH is 2. The van der Waals surface area contributed by atoms with Gasteiger partial charge in [-0.3, -0.25) is 4.79 Å². The van der Waals surface area contributed by atoms with Gasteiger partial charge in [0.1, 0.15) is 6.10 Å². The molecule has 0 unspecified atom stereocenters. The molecule has 0 heterocycles.